The Kier molecular flexibility index (Phi) is 4.77. The Balaban J connectivity index is 3.77. The van der Waals surface area contributed by atoms with Crippen LogP contribution >= 0.6 is 11.6 Å². The van der Waals surface area contributed by atoms with Gasteiger partial charge in [-0.3, -0.25) is 0 Å². The second-order valence-corrected chi connectivity index (χ2v) is 2.49. The maximum absolute atomic E-state index is 5.61. The maximum atomic E-state index is 5.61. The zero-order valence-corrected chi connectivity index (χ0v) is 6.81. The van der Waals surface area contributed by atoms with E-state index in [2.05, 4.69) is 6.58 Å². The molecule has 0 heterocycles. The van der Waals surface area contributed by atoms with Crippen molar-refractivity contribution in [3.8, 4) is 0 Å². The summed E-state index contributed by atoms with van der Waals surface area (Å²) in [7, 11) is 0. The molecule has 0 fully saturated rings. The van der Waals surface area contributed by atoms with Crippen molar-refractivity contribution < 1.29 is 0 Å². The molecule has 0 aliphatic carbocycles. The van der Waals surface area contributed by atoms with Crippen LogP contribution in [0.3, 0.4) is 0 Å². The number of allylic oxidation sites excluding steroid dienone is 4. The monoisotopic (exact) mass is 157 g/mol. The van der Waals surface area contributed by atoms with Gasteiger partial charge in [-0.05, 0) is 12.3 Å². The number of rotatable bonds is 3. The van der Waals surface area contributed by atoms with E-state index in [0.29, 0.717) is 5.03 Å². The molecular weight excluding hydrogens is 146 g/mol. The fourth-order valence-corrected chi connectivity index (χ4v) is 0.472. The van der Waals surface area contributed by atoms with Gasteiger partial charge in [0.1, 0.15) is 0 Å². The molecule has 0 aliphatic rings. The van der Waals surface area contributed by atoms with E-state index in [1.807, 2.05) is 19.1 Å². The summed E-state index contributed by atoms with van der Waals surface area (Å²) in [6.45, 7) is 5.56. The first-order valence-electron chi connectivity index (χ1n) is 3.08. The van der Waals surface area contributed by atoms with Gasteiger partial charge in [-0.2, -0.15) is 0 Å². The van der Waals surface area contributed by atoms with Gasteiger partial charge in [-0.15, -0.1) is 0 Å². The van der Waals surface area contributed by atoms with Crippen LogP contribution in [0, 0.1) is 5.92 Å². The maximum Gasteiger partial charge on any atom is 0.0175 e. The van der Waals surface area contributed by atoms with E-state index in [0.717, 1.165) is 0 Å². The lowest BCUT2D eigenvalue weighted by molar-refractivity contribution is 0.922. The molecule has 0 aromatic heterocycles. The predicted molar refractivity (Wildman–Crippen MR) is 46.6 cm³/mol. The van der Waals surface area contributed by atoms with E-state index in [9.17, 15) is 0 Å². The summed E-state index contributed by atoms with van der Waals surface area (Å²) in [4.78, 5) is 0. The quantitative estimate of drug-likeness (QED) is 0.626. The third kappa shape index (κ3) is 4.21. The first-order chi connectivity index (χ1) is 4.68. The molecule has 56 valence electrons. The number of hydrogen-bond acceptors (Lipinski definition) is 1. The second-order valence-electron chi connectivity index (χ2n) is 2.01. The molecule has 1 atom stereocenters. The van der Waals surface area contributed by atoms with Crippen LogP contribution < -0.4 is 5.73 Å². The minimum atomic E-state index is 0.206. The Morgan fingerprint density at radius 2 is 2.20 bits per heavy atom. The van der Waals surface area contributed by atoms with Crippen LogP contribution in [0.4, 0.5) is 0 Å². The smallest absolute Gasteiger partial charge is 0.0175 e. The van der Waals surface area contributed by atoms with Gasteiger partial charge in [0.2, 0.25) is 0 Å². The van der Waals surface area contributed by atoms with Crippen molar-refractivity contribution in [2.45, 2.75) is 6.92 Å². The molecule has 0 saturated heterocycles. The number of halogens is 1. The van der Waals surface area contributed by atoms with Gasteiger partial charge in [0.05, 0.1) is 0 Å². The summed E-state index contributed by atoms with van der Waals surface area (Å²) in [5, 5.41) is 0.640. The van der Waals surface area contributed by atoms with Crippen LogP contribution in [0.2, 0.25) is 0 Å². The SMILES string of the molecule is C=C(Cl)[C@@H](C)/C=C\C=C/N. The Bertz CT molecular complexity index is 159. The first kappa shape index (κ1) is 9.31. The van der Waals surface area contributed by atoms with E-state index in [-0.39, 0.29) is 5.92 Å². The largest absolute Gasteiger partial charge is 0.405 e. The third-order valence-corrected chi connectivity index (χ3v) is 1.46. The molecule has 0 saturated carbocycles. The van der Waals surface area contributed by atoms with E-state index >= 15 is 0 Å². The van der Waals surface area contributed by atoms with Gasteiger partial charge in [0, 0.05) is 11.0 Å². The van der Waals surface area contributed by atoms with E-state index in [1.165, 1.54) is 6.20 Å². The average molecular weight is 158 g/mol. The topological polar surface area (TPSA) is 26.0 Å². The molecule has 1 nitrogen and oxygen atoms in total. The first-order valence-corrected chi connectivity index (χ1v) is 3.45. The highest BCUT2D eigenvalue weighted by Gasteiger charge is 1.95. The summed E-state index contributed by atoms with van der Waals surface area (Å²) in [6, 6.07) is 0. The minimum absolute atomic E-state index is 0.206. The lowest BCUT2D eigenvalue weighted by atomic mass is 10.1. The van der Waals surface area contributed by atoms with Crippen LogP contribution in [0.1, 0.15) is 6.92 Å². The predicted octanol–water partition coefficient (Wildman–Crippen LogP) is 2.40. The summed E-state index contributed by atoms with van der Waals surface area (Å²) >= 11 is 5.61. The number of hydrogen-bond donors (Lipinski definition) is 1. The van der Waals surface area contributed by atoms with Gasteiger partial charge < -0.3 is 5.73 Å². The van der Waals surface area contributed by atoms with Gasteiger partial charge in [-0.1, -0.05) is 37.3 Å². The highest BCUT2D eigenvalue weighted by Crippen LogP contribution is 2.12. The van der Waals surface area contributed by atoms with Gasteiger partial charge in [-0.25, -0.2) is 0 Å². The third-order valence-electron chi connectivity index (χ3n) is 1.12. The molecule has 0 amide bonds. The Labute approximate surface area is 66.9 Å². The van der Waals surface area contributed by atoms with Crippen LogP contribution in [-0.2, 0) is 0 Å². The van der Waals surface area contributed by atoms with Crippen molar-refractivity contribution in [2.75, 3.05) is 0 Å². The summed E-state index contributed by atoms with van der Waals surface area (Å²) < 4.78 is 0. The molecule has 0 aromatic carbocycles. The molecule has 0 aliphatic heterocycles. The molecule has 2 N–H and O–H groups in total. The van der Waals surface area contributed by atoms with E-state index in [1.54, 1.807) is 6.08 Å². The summed E-state index contributed by atoms with van der Waals surface area (Å²) in [6.07, 6.45) is 6.99. The zero-order valence-electron chi connectivity index (χ0n) is 6.05. The highest BCUT2D eigenvalue weighted by atomic mass is 35.5. The molecule has 0 bridgehead atoms. The van der Waals surface area contributed by atoms with Crippen molar-refractivity contribution in [3.05, 3.63) is 36.0 Å². The van der Waals surface area contributed by atoms with Gasteiger partial charge in [0.15, 0.2) is 0 Å². The standard InChI is InChI=1S/C8H12ClN/c1-7(8(2)9)5-3-4-6-10/h3-7H,2,10H2,1H3/b5-3-,6-4-/t7-/m0/s1. The fraction of sp³-hybridized carbons (Fsp3) is 0.250. The average Bonchev–Trinajstić information content (AvgIpc) is 1.88. The van der Waals surface area contributed by atoms with Crippen molar-refractivity contribution in [3.63, 3.8) is 0 Å². The van der Waals surface area contributed by atoms with Crippen molar-refractivity contribution >= 4 is 11.6 Å². The van der Waals surface area contributed by atoms with Crippen LogP contribution in [-0.4, -0.2) is 0 Å². The second kappa shape index (κ2) is 5.12. The lowest BCUT2D eigenvalue weighted by Gasteiger charge is -1.99. The lowest BCUT2D eigenvalue weighted by Crippen LogP contribution is -1.85. The van der Waals surface area contributed by atoms with Crippen molar-refractivity contribution in [1.29, 1.82) is 0 Å². The molecule has 0 rings (SSSR count). The van der Waals surface area contributed by atoms with Crippen LogP contribution in [0.25, 0.3) is 0 Å². The molecule has 0 aromatic rings. The van der Waals surface area contributed by atoms with Gasteiger partial charge in [0.25, 0.3) is 0 Å². The zero-order chi connectivity index (χ0) is 7.98. The Hall–Kier alpha value is -0.690. The van der Waals surface area contributed by atoms with Gasteiger partial charge >= 0.3 is 0 Å². The normalized spacial score (nSPS) is 14.6. The van der Waals surface area contributed by atoms with Crippen molar-refractivity contribution in [1.82, 2.24) is 0 Å². The van der Waals surface area contributed by atoms with Crippen LogP contribution in [0.15, 0.2) is 36.0 Å². The molecule has 2 heteroatoms. The van der Waals surface area contributed by atoms with E-state index in [4.69, 9.17) is 17.3 Å². The van der Waals surface area contributed by atoms with Crippen molar-refractivity contribution in [2.24, 2.45) is 11.7 Å². The Morgan fingerprint density at radius 1 is 1.60 bits per heavy atom. The fourth-order valence-electron chi connectivity index (χ4n) is 0.399. The highest BCUT2D eigenvalue weighted by molar-refractivity contribution is 6.29. The summed E-state index contributed by atoms with van der Waals surface area (Å²) in [5.74, 6) is 0.206. The molecule has 0 unspecified atom stereocenters. The molecule has 0 spiro atoms. The summed E-state index contributed by atoms with van der Waals surface area (Å²) in [5.41, 5.74) is 5.10. The molecule has 10 heavy (non-hydrogen) atoms. The minimum Gasteiger partial charge on any atom is -0.405 e. The molecule has 0 radical (unpaired) electrons. The Morgan fingerprint density at radius 3 is 2.60 bits per heavy atom. The van der Waals surface area contributed by atoms with E-state index < -0.39 is 0 Å². The molecular formula is C8H12ClN. The number of nitrogens with two attached hydrogens (primary N) is 1. The van der Waals surface area contributed by atoms with Crippen LogP contribution in [0.5, 0.6) is 0 Å².